The van der Waals surface area contributed by atoms with Gasteiger partial charge in [0.05, 0.1) is 18.8 Å². The van der Waals surface area contributed by atoms with Gasteiger partial charge in [0, 0.05) is 38.5 Å². The van der Waals surface area contributed by atoms with Crippen LogP contribution in [0.3, 0.4) is 0 Å². The minimum absolute atomic E-state index is 0. The number of aliphatic imine (C=N–C) groups is 1. The van der Waals surface area contributed by atoms with Crippen molar-refractivity contribution in [2.45, 2.75) is 19.1 Å². The van der Waals surface area contributed by atoms with E-state index >= 15 is 0 Å². The molecule has 156 valence electrons. The minimum Gasteiger partial charge on any atom is -0.489 e. The maximum absolute atomic E-state index is 13.2. The third-order valence-corrected chi connectivity index (χ3v) is 4.11. The van der Waals surface area contributed by atoms with Crippen LogP contribution in [0.1, 0.15) is 18.5 Å². The molecule has 0 fully saturated rings. The molecule has 0 amide bonds. The largest absolute Gasteiger partial charge is 0.489 e. The molecule has 0 saturated carbocycles. The average Bonchev–Trinajstić information content (AvgIpc) is 3.03. The number of hydrogen-bond acceptors (Lipinski definition) is 4. The fraction of sp³-hybridized carbons (Fsp3) is 0.474. The molecule has 0 bridgehead atoms. The van der Waals surface area contributed by atoms with Crippen LogP contribution in [0.4, 0.5) is 4.39 Å². The summed E-state index contributed by atoms with van der Waals surface area (Å²) in [5.74, 6) is 0.882. The van der Waals surface area contributed by atoms with E-state index in [2.05, 4.69) is 25.6 Å². The second-order valence-electron chi connectivity index (χ2n) is 6.65. The molecule has 9 heteroatoms. The lowest BCUT2D eigenvalue weighted by Gasteiger charge is -2.25. The van der Waals surface area contributed by atoms with Crippen LogP contribution < -0.4 is 15.4 Å². The number of hydrogen-bond donors (Lipinski definition) is 2. The monoisotopic (exact) mass is 504 g/mol. The second kappa shape index (κ2) is 11.8. The third kappa shape index (κ3) is 7.63. The van der Waals surface area contributed by atoms with Crippen LogP contribution in [-0.2, 0) is 7.05 Å². The molecule has 0 aliphatic rings. The Labute approximate surface area is 183 Å². The highest BCUT2D eigenvalue weighted by molar-refractivity contribution is 14.0. The summed E-state index contributed by atoms with van der Waals surface area (Å²) in [6.45, 7) is 3.14. The molecule has 0 radical (unpaired) electrons. The van der Waals surface area contributed by atoms with Crippen LogP contribution in [0.25, 0.3) is 0 Å². The van der Waals surface area contributed by atoms with Gasteiger partial charge in [-0.15, -0.1) is 24.0 Å². The maximum atomic E-state index is 13.2. The molecule has 0 spiro atoms. The van der Waals surface area contributed by atoms with Crippen molar-refractivity contribution in [3.8, 4) is 5.75 Å². The predicted molar refractivity (Wildman–Crippen MR) is 121 cm³/mol. The number of likely N-dealkylation sites (N-methyl/N-ethyl adjacent to an activating group) is 1. The van der Waals surface area contributed by atoms with E-state index in [0.717, 1.165) is 5.56 Å². The molecule has 28 heavy (non-hydrogen) atoms. The fourth-order valence-electron chi connectivity index (χ4n) is 2.68. The Morgan fingerprint density at radius 3 is 2.61 bits per heavy atom. The SMILES string of the molecule is CN=C(NCC(C)Oc1cccc(F)c1)NCC(c1cnn(C)c1)N(C)C.I. The highest BCUT2D eigenvalue weighted by Gasteiger charge is 2.16. The first-order valence-electron chi connectivity index (χ1n) is 8.90. The molecule has 0 saturated heterocycles. The molecule has 2 unspecified atom stereocenters. The van der Waals surface area contributed by atoms with Gasteiger partial charge in [0.1, 0.15) is 17.7 Å². The second-order valence-corrected chi connectivity index (χ2v) is 6.65. The zero-order valence-corrected chi connectivity index (χ0v) is 19.3. The predicted octanol–water partition coefficient (Wildman–Crippen LogP) is 2.41. The zero-order valence-electron chi connectivity index (χ0n) is 17.0. The number of aromatic nitrogens is 2. The van der Waals surface area contributed by atoms with E-state index in [1.165, 1.54) is 12.1 Å². The van der Waals surface area contributed by atoms with Crippen molar-refractivity contribution >= 4 is 29.9 Å². The Morgan fingerprint density at radius 1 is 1.32 bits per heavy atom. The van der Waals surface area contributed by atoms with Crippen LogP contribution >= 0.6 is 24.0 Å². The lowest BCUT2D eigenvalue weighted by atomic mass is 10.1. The molecule has 0 aliphatic carbocycles. The zero-order chi connectivity index (χ0) is 19.8. The number of nitrogens with zero attached hydrogens (tertiary/aromatic N) is 4. The number of aryl methyl sites for hydroxylation is 1. The number of halogens is 2. The quantitative estimate of drug-likeness (QED) is 0.329. The van der Waals surface area contributed by atoms with Gasteiger partial charge in [0.2, 0.25) is 0 Å². The van der Waals surface area contributed by atoms with E-state index in [1.54, 1.807) is 23.9 Å². The van der Waals surface area contributed by atoms with Gasteiger partial charge in [0.25, 0.3) is 0 Å². The van der Waals surface area contributed by atoms with Crippen molar-refractivity contribution in [2.24, 2.45) is 12.0 Å². The van der Waals surface area contributed by atoms with Crippen molar-refractivity contribution in [3.63, 3.8) is 0 Å². The lowest BCUT2D eigenvalue weighted by Crippen LogP contribution is -2.44. The Bertz CT molecular complexity index is 752. The van der Waals surface area contributed by atoms with Gasteiger partial charge >= 0.3 is 0 Å². The van der Waals surface area contributed by atoms with Gasteiger partial charge in [-0.3, -0.25) is 9.67 Å². The van der Waals surface area contributed by atoms with Crippen molar-refractivity contribution < 1.29 is 9.13 Å². The highest BCUT2D eigenvalue weighted by Crippen LogP contribution is 2.16. The molecule has 2 rings (SSSR count). The molecule has 2 aromatic rings. The van der Waals surface area contributed by atoms with Crippen LogP contribution in [0.15, 0.2) is 41.7 Å². The summed E-state index contributed by atoms with van der Waals surface area (Å²) in [5, 5.41) is 10.8. The number of ether oxygens (including phenoxy) is 1. The van der Waals surface area contributed by atoms with Gasteiger partial charge in [-0.25, -0.2) is 4.39 Å². The Morgan fingerprint density at radius 2 is 2.04 bits per heavy atom. The van der Waals surface area contributed by atoms with Gasteiger partial charge in [-0.1, -0.05) is 6.07 Å². The molecule has 1 aromatic heterocycles. The molecule has 0 aliphatic heterocycles. The summed E-state index contributed by atoms with van der Waals surface area (Å²) in [6, 6.07) is 6.30. The topological polar surface area (TPSA) is 66.7 Å². The molecular weight excluding hydrogens is 474 g/mol. The lowest BCUT2D eigenvalue weighted by molar-refractivity contribution is 0.222. The summed E-state index contributed by atoms with van der Waals surface area (Å²) < 4.78 is 20.8. The first-order chi connectivity index (χ1) is 12.9. The van der Waals surface area contributed by atoms with Crippen molar-refractivity contribution in [2.75, 3.05) is 34.2 Å². The fourth-order valence-corrected chi connectivity index (χ4v) is 2.68. The van der Waals surface area contributed by atoms with Crippen molar-refractivity contribution in [1.82, 2.24) is 25.3 Å². The summed E-state index contributed by atoms with van der Waals surface area (Å²) >= 11 is 0. The van der Waals surface area contributed by atoms with E-state index in [-0.39, 0.29) is 41.9 Å². The first-order valence-corrected chi connectivity index (χ1v) is 8.90. The standard InChI is InChI=1S/C19H29FN6O.HI/c1-14(27-17-8-6-7-16(20)9-17)10-22-19(21-2)23-12-18(25(3)4)15-11-24-26(5)13-15;/h6-9,11,13-14,18H,10,12H2,1-5H3,(H2,21,22,23);1H. The van der Waals surface area contributed by atoms with E-state index in [1.807, 2.05) is 40.5 Å². The van der Waals surface area contributed by atoms with E-state index in [9.17, 15) is 4.39 Å². The van der Waals surface area contributed by atoms with Crippen molar-refractivity contribution in [1.29, 1.82) is 0 Å². The Balaban J connectivity index is 0.00000392. The van der Waals surface area contributed by atoms with Gasteiger partial charge in [-0.05, 0) is 33.2 Å². The number of nitrogens with one attached hydrogen (secondary N) is 2. The highest BCUT2D eigenvalue weighted by atomic mass is 127. The van der Waals surface area contributed by atoms with Crippen molar-refractivity contribution in [3.05, 3.63) is 48.0 Å². The van der Waals surface area contributed by atoms with Gasteiger partial charge in [0.15, 0.2) is 5.96 Å². The first kappa shape index (κ1) is 24.2. The van der Waals surface area contributed by atoms with Crippen LogP contribution in [0, 0.1) is 5.82 Å². The molecule has 2 atom stereocenters. The molecule has 7 nitrogen and oxygen atoms in total. The summed E-state index contributed by atoms with van der Waals surface area (Å²) in [4.78, 5) is 6.38. The Hall–Kier alpha value is -1.88. The molecule has 1 aromatic carbocycles. The third-order valence-electron chi connectivity index (χ3n) is 4.11. The normalized spacial score (nSPS) is 13.6. The number of benzene rings is 1. The number of guanidine groups is 1. The minimum atomic E-state index is -0.310. The average molecular weight is 504 g/mol. The van der Waals surface area contributed by atoms with Crippen LogP contribution in [0.2, 0.25) is 0 Å². The van der Waals surface area contributed by atoms with Crippen LogP contribution in [-0.4, -0.2) is 61.0 Å². The smallest absolute Gasteiger partial charge is 0.191 e. The van der Waals surface area contributed by atoms with E-state index in [0.29, 0.717) is 24.8 Å². The van der Waals surface area contributed by atoms with E-state index < -0.39 is 0 Å². The van der Waals surface area contributed by atoms with Crippen LogP contribution in [0.5, 0.6) is 5.75 Å². The number of rotatable bonds is 8. The molecular formula is C19H30FIN6O. The molecule has 2 N–H and O–H groups in total. The Kier molecular flexibility index (Phi) is 10.2. The molecule has 1 heterocycles. The van der Waals surface area contributed by atoms with E-state index in [4.69, 9.17) is 4.74 Å². The van der Waals surface area contributed by atoms with Gasteiger partial charge in [-0.2, -0.15) is 5.10 Å². The summed E-state index contributed by atoms with van der Waals surface area (Å²) in [6.07, 6.45) is 3.74. The summed E-state index contributed by atoms with van der Waals surface area (Å²) in [7, 11) is 7.70. The van der Waals surface area contributed by atoms with Gasteiger partial charge < -0.3 is 20.3 Å². The maximum Gasteiger partial charge on any atom is 0.191 e. The summed E-state index contributed by atoms with van der Waals surface area (Å²) in [5.41, 5.74) is 1.13.